The van der Waals surface area contributed by atoms with Crippen LogP contribution in [-0.4, -0.2) is 36.6 Å². The van der Waals surface area contributed by atoms with E-state index in [-0.39, 0.29) is 23.2 Å². The molecule has 1 saturated carbocycles. The van der Waals surface area contributed by atoms with Crippen LogP contribution in [0.2, 0.25) is 0 Å². The summed E-state index contributed by atoms with van der Waals surface area (Å²) in [4.78, 5) is 26.6. The highest BCUT2D eigenvalue weighted by atomic mass is 16.1. The molecule has 0 N–H and O–H groups in total. The molecule has 4 atom stereocenters. The molecule has 2 rings (SSSR count). The molecule has 0 aromatic rings. The number of carbonyl (C=O) groups is 2. The van der Waals surface area contributed by atoms with Crippen molar-refractivity contribution in [3.05, 3.63) is 34.9 Å². The lowest BCUT2D eigenvalue weighted by atomic mass is 9.50. The summed E-state index contributed by atoms with van der Waals surface area (Å²) in [6.07, 6.45) is 7.40. The molecule has 5 nitrogen and oxygen atoms in total. The van der Waals surface area contributed by atoms with E-state index in [0.717, 1.165) is 24.9 Å². The molecule has 0 bridgehead atoms. The molecule has 0 aromatic heterocycles. The number of fused-ring (bicyclic) bond motifs is 1. The molecular weight excluding hydrogens is 386 g/mol. The maximum absolute atomic E-state index is 12.7. The van der Waals surface area contributed by atoms with Gasteiger partial charge in [0.15, 0.2) is 5.78 Å². The van der Waals surface area contributed by atoms with Crippen molar-refractivity contribution in [1.29, 1.82) is 10.5 Å². The Morgan fingerprint density at radius 2 is 2.03 bits per heavy atom. The first-order valence-electron chi connectivity index (χ1n) is 10.9. The van der Waals surface area contributed by atoms with Crippen molar-refractivity contribution in [3.63, 3.8) is 0 Å². The quantitative estimate of drug-likeness (QED) is 0.370. The fourth-order valence-electron chi connectivity index (χ4n) is 5.04. The van der Waals surface area contributed by atoms with E-state index in [1.165, 1.54) is 6.08 Å². The molecule has 5 heteroatoms. The fraction of sp³-hybridized carbons (Fsp3) is 0.538. The molecule has 0 heterocycles. The highest BCUT2D eigenvalue weighted by Gasteiger charge is 2.52. The Morgan fingerprint density at radius 3 is 2.58 bits per heavy atom. The third kappa shape index (κ3) is 4.71. The van der Waals surface area contributed by atoms with Gasteiger partial charge in [0, 0.05) is 16.9 Å². The number of hydrogen-bond donors (Lipinski definition) is 0. The third-order valence-electron chi connectivity index (χ3n) is 6.78. The molecule has 0 amide bonds. The van der Waals surface area contributed by atoms with Crippen LogP contribution < -0.4 is 0 Å². The van der Waals surface area contributed by atoms with E-state index in [9.17, 15) is 20.1 Å². The van der Waals surface area contributed by atoms with Gasteiger partial charge in [-0.05, 0) is 56.5 Å². The van der Waals surface area contributed by atoms with Crippen molar-refractivity contribution in [3.8, 4) is 24.0 Å². The second-order valence-corrected chi connectivity index (χ2v) is 8.69. The standard InChI is InChI=1S/C26H31N3O2/c1-6-29(7-2)12-8-10-26-11-9-22(20(4)18-30)25(5,14-19(3)16-27)24(26)13-23(31)21(15-26)17-28/h13-15,18,20,22H,6-7,9,11-12H2,1-5H3/b19-14+. The van der Waals surface area contributed by atoms with Crippen LogP contribution in [0.4, 0.5) is 0 Å². The van der Waals surface area contributed by atoms with Gasteiger partial charge in [0.1, 0.15) is 12.4 Å². The zero-order valence-corrected chi connectivity index (χ0v) is 19.2. The molecular formula is C26H31N3O2. The van der Waals surface area contributed by atoms with Crippen molar-refractivity contribution < 1.29 is 9.59 Å². The molecule has 2 aliphatic carbocycles. The van der Waals surface area contributed by atoms with Gasteiger partial charge in [0.05, 0.1) is 23.6 Å². The van der Waals surface area contributed by atoms with Gasteiger partial charge >= 0.3 is 0 Å². The second-order valence-electron chi connectivity index (χ2n) is 8.69. The number of allylic oxidation sites excluding steroid dienone is 6. The van der Waals surface area contributed by atoms with E-state index in [0.29, 0.717) is 25.0 Å². The van der Waals surface area contributed by atoms with Gasteiger partial charge in [-0.15, -0.1) is 0 Å². The predicted molar refractivity (Wildman–Crippen MR) is 120 cm³/mol. The molecule has 0 spiro atoms. The maximum Gasteiger partial charge on any atom is 0.196 e. The number of aldehydes is 1. The minimum atomic E-state index is -0.758. The lowest BCUT2D eigenvalue weighted by Gasteiger charge is -2.51. The lowest BCUT2D eigenvalue weighted by molar-refractivity contribution is -0.113. The first kappa shape index (κ1) is 24.3. The van der Waals surface area contributed by atoms with Gasteiger partial charge in [-0.2, -0.15) is 10.5 Å². The Labute approximate surface area is 186 Å². The number of nitriles is 2. The van der Waals surface area contributed by atoms with Gasteiger partial charge in [-0.3, -0.25) is 9.69 Å². The van der Waals surface area contributed by atoms with E-state index in [2.05, 4.69) is 36.7 Å². The molecule has 0 aromatic carbocycles. The smallest absolute Gasteiger partial charge is 0.196 e. The molecule has 0 aliphatic heterocycles. The molecule has 0 radical (unpaired) electrons. The minimum Gasteiger partial charge on any atom is -0.303 e. The summed E-state index contributed by atoms with van der Waals surface area (Å²) >= 11 is 0. The minimum absolute atomic E-state index is 0.0675. The van der Waals surface area contributed by atoms with Crippen LogP contribution in [0.25, 0.3) is 0 Å². The maximum atomic E-state index is 12.7. The van der Waals surface area contributed by atoms with Crippen LogP contribution in [0.5, 0.6) is 0 Å². The molecule has 2 aliphatic rings. The Balaban J connectivity index is 2.71. The summed E-state index contributed by atoms with van der Waals surface area (Å²) in [5, 5.41) is 19.0. The Bertz CT molecular complexity index is 975. The van der Waals surface area contributed by atoms with Gasteiger partial charge in [-0.25, -0.2) is 0 Å². The third-order valence-corrected chi connectivity index (χ3v) is 6.78. The average molecular weight is 418 g/mol. The van der Waals surface area contributed by atoms with E-state index in [1.54, 1.807) is 13.0 Å². The fourth-order valence-corrected chi connectivity index (χ4v) is 5.04. The Hall–Kier alpha value is -2.94. The van der Waals surface area contributed by atoms with Crippen LogP contribution in [0.3, 0.4) is 0 Å². The largest absolute Gasteiger partial charge is 0.303 e. The van der Waals surface area contributed by atoms with Crippen molar-refractivity contribution >= 4 is 12.1 Å². The number of rotatable bonds is 6. The average Bonchev–Trinajstić information content (AvgIpc) is 2.77. The van der Waals surface area contributed by atoms with E-state index in [1.807, 2.05) is 26.0 Å². The predicted octanol–water partition coefficient (Wildman–Crippen LogP) is 4.00. The van der Waals surface area contributed by atoms with Gasteiger partial charge < -0.3 is 4.79 Å². The SMILES string of the molecule is CCN(CC)CC#CC12C=C(C#N)C(=O)C=C1C(C)(/C=C(\C)C#N)C(C(C)C=O)CC2. The monoisotopic (exact) mass is 417 g/mol. The first-order chi connectivity index (χ1) is 14.7. The van der Waals surface area contributed by atoms with E-state index in [4.69, 9.17) is 0 Å². The lowest BCUT2D eigenvalue weighted by Crippen LogP contribution is -2.46. The highest BCUT2D eigenvalue weighted by molar-refractivity contribution is 6.09. The normalized spacial score (nSPS) is 28.8. The van der Waals surface area contributed by atoms with Crippen LogP contribution >= 0.6 is 0 Å². The number of nitrogens with zero attached hydrogens (tertiary/aromatic N) is 3. The van der Waals surface area contributed by atoms with Crippen molar-refractivity contribution in [2.24, 2.45) is 22.7 Å². The molecule has 162 valence electrons. The molecule has 31 heavy (non-hydrogen) atoms. The van der Waals surface area contributed by atoms with Crippen LogP contribution in [0.15, 0.2) is 34.9 Å². The van der Waals surface area contributed by atoms with Crippen LogP contribution in [-0.2, 0) is 9.59 Å². The second kappa shape index (κ2) is 9.91. The summed E-state index contributed by atoms with van der Waals surface area (Å²) in [6, 6.07) is 4.20. The summed E-state index contributed by atoms with van der Waals surface area (Å²) in [5.41, 5.74) is -0.0376. The number of hydrogen-bond acceptors (Lipinski definition) is 5. The van der Waals surface area contributed by atoms with Crippen LogP contribution in [0, 0.1) is 57.2 Å². The first-order valence-corrected chi connectivity index (χ1v) is 10.9. The zero-order valence-electron chi connectivity index (χ0n) is 19.2. The van der Waals surface area contributed by atoms with Crippen molar-refractivity contribution in [2.75, 3.05) is 19.6 Å². The van der Waals surface area contributed by atoms with Crippen molar-refractivity contribution in [1.82, 2.24) is 4.90 Å². The summed E-state index contributed by atoms with van der Waals surface area (Å²) in [6.45, 7) is 12.1. The van der Waals surface area contributed by atoms with Crippen molar-refractivity contribution in [2.45, 2.75) is 47.5 Å². The Morgan fingerprint density at radius 1 is 1.35 bits per heavy atom. The number of ketones is 1. The molecule has 4 unspecified atom stereocenters. The summed E-state index contributed by atoms with van der Waals surface area (Å²) in [7, 11) is 0. The van der Waals surface area contributed by atoms with Gasteiger partial charge in [0.25, 0.3) is 0 Å². The topological polar surface area (TPSA) is 85.0 Å². The van der Waals surface area contributed by atoms with Gasteiger partial charge in [0.2, 0.25) is 0 Å². The highest BCUT2D eigenvalue weighted by Crippen LogP contribution is 2.58. The Kier molecular flexibility index (Phi) is 7.78. The van der Waals surface area contributed by atoms with E-state index >= 15 is 0 Å². The van der Waals surface area contributed by atoms with Gasteiger partial charge in [-0.1, -0.05) is 45.6 Å². The summed E-state index contributed by atoms with van der Waals surface area (Å²) in [5.74, 6) is 6.04. The molecule has 0 saturated heterocycles. The van der Waals surface area contributed by atoms with Crippen LogP contribution in [0.1, 0.15) is 47.5 Å². The van der Waals surface area contributed by atoms with E-state index < -0.39 is 10.8 Å². The number of carbonyl (C=O) groups excluding carboxylic acids is 2. The zero-order chi connectivity index (χ0) is 23.2. The summed E-state index contributed by atoms with van der Waals surface area (Å²) < 4.78 is 0. The molecule has 1 fully saturated rings.